The second-order valence-corrected chi connectivity index (χ2v) is 4.59. The van der Waals surface area contributed by atoms with E-state index in [4.69, 9.17) is 10.4 Å². The number of carboxylic acids is 1. The summed E-state index contributed by atoms with van der Waals surface area (Å²) in [6.45, 7) is 7.16. The molecule has 19 heavy (non-hydrogen) atoms. The number of aromatic nitrogens is 1. The second kappa shape index (κ2) is 6.74. The molecule has 1 heterocycles. The van der Waals surface area contributed by atoms with Gasteiger partial charge in [0.05, 0.1) is 18.1 Å². The van der Waals surface area contributed by atoms with Crippen molar-refractivity contribution in [1.82, 2.24) is 4.98 Å². The van der Waals surface area contributed by atoms with Crippen molar-refractivity contribution in [3.8, 4) is 6.07 Å². The SMILES string of the molecule is CCN(CCC#N)c1cc(C(=O)O)cc(C(C)C)n1. The summed E-state index contributed by atoms with van der Waals surface area (Å²) in [5, 5.41) is 17.8. The van der Waals surface area contributed by atoms with E-state index in [-0.39, 0.29) is 11.5 Å². The Hall–Kier alpha value is -2.09. The van der Waals surface area contributed by atoms with E-state index < -0.39 is 5.97 Å². The summed E-state index contributed by atoms with van der Waals surface area (Å²) in [4.78, 5) is 17.6. The molecule has 0 aliphatic rings. The number of hydrogen-bond donors (Lipinski definition) is 1. The van der Waals surface area contributed by atoms with Crippen LogP contribution in [0.3, 0.4) is 0 Å². The monoisotopic (exact) mass is 261 g/mol. The van der Waals surface area contributed by atoms with Gasteiger partial charge < -0.3 is 10.0 Å². The van der Waals surface area contributed by atoms with Crippen LogP contribution < -0.4 is 4.90 Å². The molecule has 5 heteroatoms. The van der Waals surface area contributed by atoms with Crippen LogP contribution >= 0.6 is 0 Å². The molecule has 0 fully saturated rings. The van der Waals surface area contributed by atoms with Gasteiger partial charge in [0.25, 0.3) is 0 Å². The highest BCUT2D eigenvalue weighted by Gasteiger charge is 2.14. The lowest BCUT2D eigenvalue weighted by Crippen LogP contribution is -2.25. The van der Waals surface area contributed by atoms with Crippen molar-refractivity contribution in [2.24, 2.45) is 0 Å². The van der Waals surface area contributed by atoms with Crippen molar-refractivity contribution in [3.05, 3.63) is 23.4 Å². The number of carbonyl (C=O) groups is 1. The molecular weight excluding hydrogens is 242 g/mol. The fourth-order valence-corrected chi connectivity index (χ4v) is 1.74. The van der Waals surface area contributed by atoms with Crippen molar-refractivity contribution in [2.75, 3.05) is 18.0 Å². The predicted molar refractivity (Wildman–Crippen MR) is 73.4 cm³/mol. The zero-order chi connectivity index (χ0) is 14.4. The van der Waals surface area contributed by atoms with Crippen LogP contribution in [-0.4, -0.2) is 29.1 Å². The molecule has 0 saturated carbocycles. The smallest absolute Gasteiger partial charge is 0.335 e. The Kier molecular flexibility index (Phi) is 5.31. The fraction of sp³-hybridized carbons (Fsp3) is 0.500. The van der Waals surface area contributed by atoms with Gasteiger partial charge in [-0.15, -0.1) is 0 Å². The van der Waals surface area contributed by atoms with Crippen molar-refractivity contribution >= 4 is 11.8 Å². The number of carboxylic acid groups (broad SMARTS) is 1. The quantitative estimate of drug-likeness (QED) is 0.851. The molecule has 0 aromatic carbocycles. The number of anilines is 1. The van der Waals surface area contributed by atoms with E-state index in [0.717, 1.165) is 5.69 Å². The van der Waals surface area contributed by atoms with Crippen LogP contribution in [0.2, 0.25) is 0 Å². The maximum atomic E-state index is 11.2. The summed E-state index contributed by atoms with van der Waals surface area (Å²) in [7, 11) is 0. The average Bonchev–Trinajstić information content (AvgIpc) is 2.39. The molecule has 0 amide bonds. The molecule has 1 rings (SSSR count). The molecule has 0 spiro atoms. The minimum atomic E-state index is -0.957. The Morgan fingerprint density at radius 2 is 2.21 bits per heavy atom. The highest BCUT2D eigenvalue weighted by molar-refractivity contribution is 5.88. The van der Waals surface area contributed by atoms with Gasteiger partial charge in [-0.25, -0.2) is 9.78 Å². The molecule has 0 atom stereocenters. The van der Waals surface area contributed by atoms with Crippen molar-refractivity contribution in [3.63, 3.8) is 0 Å². The van der Waals surface area contributed by atoms with E-state index in [2.05, 4.69) is 11.1 Å². The Bertz CT molecular complexity index is 492. The van der Waals surface area contributed by atoms with E-state index in [1.807, 2.05) is 25.7 Å². The van der Waals surface area contributed by atoms with Crippen molar-refractivity contribution < 1.29 is 9.90 Å². The molecule has 5 nitrogen and oxygen atoms in total. The molecule has 102 valence electrons. The highest BCUT2D eigenvalue weighted by Crippen LogP contribution is 2.20. The van der Waals surface area contributed by atoms with Crippen LogP contribution in [-0.2, 0) is 0 Å². The number of aromatic carboxylic acids is 1. The van der Waals surface area contributed by atoms with Crippen molar-refractivity contribution in [2.45, 2.75) is 33.1 Å². The molecule has 0 unspecified atom stereocenters. The van der Waals surface area contributed by atoms with E-state index in [1.165, 1.54) is 0 Å². The third-order valence-electron chi connectivity index (χ3n) is 2.87. The van der Waals surface area contributed by atoms with Gasteiger partial charge in [-0.1, -0.05) is 13.8 Å². The molecule has 0 bridgehead atoms. The molecule has 0 radical (unpaired) electrons. The maximum Gasteiger partial charge on any atom is 0.335 e. The topological polar surface area (TPSA) is 77.2 Å². The largest absolute Gasteiger partial charge is 0.478 e. The first kappa shape index (κ1) is 15.0. The van der Waals surface area contributed by atoms with Crippen LogP contribution in [0.5, 0.6) is 0 Å². The predicted octanol–water partition coefficient (Wildman–Crippen LogP) is 2.64. The van der Waals surface area contributed by atoms with Crippen LogP contribution in [0, 0.1) is 11.3 Å². The van der Waals surface area contributed by atoms with Gasteiger partial charge in [0.1, 0.15) is 5.82 Å². The number of pyridine rings is 1. The molecule has 0 saturated heterocycles. The van der Waals surface area contributed by atoms with Crippen molar-refractivity contribution in [1.29, 1.82) is 5.26 Å². The summed E-state index contributed by atoms with van der Waals surface area (Å²) in [5.41, 5.74) is 0.995. The average molecular weight is 261 g/mol. The van der Waals surface area contributed by atoms with E-state index in [1.54, 1.807) is 12.1 Å². The first-order chi connectivity index (χ1) is 8.99. The minimum Gasteiger partial charge on any atom is -0.478 e. The second-order valence-electron chi connectivity index (χ2n) is 4.59. The minimum absolute atomic E-state index is 0.160. The van der Waals surface area contributed by atoms with Crippen LogP contribution in [0.25, 0.3) is 0 Å². The molecule has 0 aliphatic heterocycles. The molecule has 1 aromatic heterocycles. The summed E-state index contributed by atoms with van der Waals surface area (Å²) in [5.74, 6) is -0.170. The van der Waals surface area contributed by atoms with Gasteiger partial charge in [-0.2, -0.15) is 5.26 Å². The Morgan fingerprint density at radius 3 is 2.68 bits per heavy atom. The standard InChI is InChI=1S/C14H19N3O2/c1-4-17(7-5-6-15)13-9-11(14(18)19)8-12(16-13)10(2)3/h8-10H,4-5,7H2,1-3H3,(H,18,19). The lowest BCUT2D eigenvalue weighted by Gasteiger charge is -2.22. The Labute approximate surface area is 113 Å². The maximum absolute atomic E-state index is 11.2. The number of nitriles is 1. The van der Waals surface area contributed by atoms with Gasteiger partial charge in [0.15, 0.2) is 0 Å². The molecule has 1 aromatic rings. The first-order valence-electron chi connectivity index (χ1n) is 6.36. The lowest BCUT2D eigenvalue weighted by atomic mass is 10.1. The Balaban J connectivity index is 3.17. The van der Waals surface area contributed by atoms with Gasteiger partial charge >= 0.3 is 5.97 Å². The van der Waals surface area contributed by atoms with Gasteiger partial charge in [-0.05, 0) is 25.0 Å². The zero-order valence-electron chi connectivity index (χ0n) is 11.6. The molecule has 0 aliphatic carbocycles. The zero-order valence-corrected chi connectivity index (χ0v) is 11.6. The summed E-state index contributed by atoms with van der Waals surface area (Å²) in [6.07, 6.45) is 0.393. The van der Waals surface area contributed by atoms with E-state index in [9.17, 15) is 4.79 Å². The third kappa shape index (κ3) is 3.95. The van der Waals surface area contributed by atoms with Gasteiger partial charge in [0.2, 0.25) is 0 Å². The fourth-order valence-electron chi connectivity index (χ4n) is 1.74. The van der Waals surface area contributed by atoms with E-state index in [0.29, 0.717) is 25.3 Å². The van der Waals surface area contributed by atoms with Crippen LogP contribution in [0.15, 0.2) is 12.1 Å². The highest BCUT2D eigenvalue weighted by atomic mass is 16.4. The normalized spacial score (nSPS) is 10.3. The van der Waals surface area contributed by atoms with Gasteiger partial charge in [0, 0.05) is 18.8 Å². The summed E-state index contributed by atoms with van der Waals surface area (Å²) < 4.78 is 0. The lowest BCUT2D eigenvalue weighted by molar-refractivity contribution is 0.0696. The summed E-state index contributed by atoms with van der Waals surface area (Å²) >= 11 is 0. The van der Waals surface area contributed by atoms with Crippen LogP contribution in [0.4, 0.5) is 5.82 Å². The van der Waals surface area contributed by atoms with Gasteiger partial charge in [-0.3, -0.25) is 0 Å². The van der Waals surface area contributed by atoms with E-state index >= 15 is 0 Å². The number of nitrogens with zero attached hydrogens (tertiary/aromatic N) is 3. The third-order valence-corrected chi connectivity index (χ3v) is 2.87. The molecule has 1 N–H and O–H groups in total. The van der Waals surface area contributed by atoms with Crippen LogP contribution in [0.1, 0.15) is 49.2 Å². The number of rotatable bonds is 6. The Morgan fingerprint density at radius 1 is 1.53 bits per heavy atom. The summed E-state index contributed by atoms with van der Waals surface area (Å²) in [6, 6.07) is 5.26. The number of hydrogen-bond acceptors (Lipinski definition) is 4. The first-order valence-corrected chi connectivity index (χ1v) is 6.36. The molecular formula is C14H19N3O2.